The predicted molar refractivity (Wildman–Crippen MR) is 105 cm³/mol. The van der Waals surface area contributed by atoms with Crippen molar-refractivity contribution < 1.29 is 19.7 Å². The molecule has 2 heterocycles. The third kappa shape index (κ3) is 2.71. The number of hydrogen-bond donors (Lipinski definition) is 1. The fourth-order valence-electron chi connectivity index (χ4n) is 3.38. The number of halogens is 1. The normalized spacial score (nSPS) is 12.7. The van der Waals surface area contributed by atoms with Crippen molar-refractivity contribution in [3.05, 3.63) is 62.9 Å². The molecule has 3 aromatic rings. The van der Waals surface area contributed by atoms with Crippen molar-refractivity contribution in [1.29, 1.82) is 0 Å². The number of aromatic hydroxyl groups is 1. The number of carbonyl (C=O) groups is 1. The van der Waals surface area contributed by atoms with Crippen LogP contribution in [0, 0.1) is 0 Å². The van der Waals surface area contributed by atoms with Crippen molar-refractivity contribution >= 4 is 34.1 Å². The molecule has 1 aliphatic heterocycles. The van der Waals surface area contributed by atoms with Gasteiger partial charge in [-0.2, -0.15) is 4.89 Å². The number of benzene rings is 2. The van der Waals surface area contributed by atoms with Gasteiger partial charge in [0, 0.05) is 29.9 Å². The standard InChI is InChI=1S/C20H17ClN2O5/c1-3-23(13-7-5-12(21)6-8-13)20(26)16-17(24)15-14(22(2)19(16)25)9-4-11-10-27-28-18(11)15/h4-9,24H,3,10H2,1-2H3. The van der Waals surface area contributed by atoms with Gasteiger partial charge >= 0.3 is 0 Å². The van der Waals surface area contributed by atoms with Crippen molar-refractivity contribution in [1.82, 2.24) is 4.57 Å². The average Bonchev–Trinajstić information content (AvgIpc) is 3.16. The molecule has 0 atom stereocenters. The Hall–Kier alpha value is -3.03. The highest BCUT2D eigenvalue weighted by Crippen LogP contribution is 2.40. The molecule has 0 radical (unpaired) electrons. The van der Waals surface area contributed by atoms with Crippen LogP contribution < -0.4 is 15.3 Å². The lowest BCUT2D eigenvalue weighted by Gasteiger charge is -2.22. The molecule has 1 aromatic heterocycles. The van der Waals surface area contributed by atoms with Crippen molar-refractivity contribution in [2.45, 2.75) is 13.5 Å². The zero-order chi connectivity index (χ0) is 20.0. The first-order valence-corrected chi connectivity index (χ1v) is 9.06. The van der Waals surface area contributed by atoms with Gasteiger partial charge in [-0.3, -0.25) is 9.59 Å². The van der Waals surface area contributed by atoms with Crippen LogP contribution in [0.3, 0.4) is 0 Å². The Kier molecular flexibility index (Phi) is 4.49. The first-order chi connectivity index (χ1) is 13.4. The summed E-state index contributed by atoms with van der Waals surface area (Å²) in [6, 6.07) is 10.1. The summed E-state index contributed by atoms with van der Waals surface area (Å²) < 4.78 is 1.32. The van der Waals surface area contributed by atoms with Crippen molar-refractivity contribution in [2.75, 3.05) is 11.4 Å². The summed E-state index contributed by atoms with van der Waals surface area (Å²) in [5.41, 5.74) is 0.816. The fraction of sp³-hybridized carbons (Fsp3) is 0.200. The minimum absolute atomic E-state index is 0.225. The van der Waals surface area contributed by atoms with E-state index < -0.39 is 17.2 Å². The maximum absolute atomic E-state index is 13.2. The minimum atomic E-state index is -0.610. The highest BCUT2D eigenvalue weighted by Gasteiger charge is 2.29. The van der Waals surface area contributed by atoms with E-state index >= 15 is 0 Å². The minimum Gasteiger partial charge on any atom is -0.506 e. The molecule has 144 valence electrons. The second kappa shape index (κ2) is 6.85. The van der Waals surface area contributed by atoms with Crippen LogP contribution in [0.25, 0.3) is 10.9 Å². The van der Waals surface area contributed by atoms with Gasteiger partial charge in [-0.05, 0) is 37.3 Å². The molecule has 0 saturated carbocycles. The van der Waals surface area contributed by atoms with Crippen LogP contribution in [0.1, 0.15) is 22.8 Å². The third-order valence-electron chi connectivity index (χ3n) is 4.84. The van der Waals surface area contributed by atoms with Crippen molar-refractivity contribution in [3.8, 4) is 11.5 Å². The molecule has 2 aromatic carbocycles. The number of pyridine rings is 1. The highest BCUT2D eigenvalue weighted by atomic mass is 35.5. The van der Waals surface area contributed by atoms with E-state index in [0.29, 0.717) is 28.5 Å². The second-order valence-electron chi connectivity index (χ2n) is 6.41. The summed E-state index contributed by atoms with van der Waals surface area (Å²) >= 11 is 5.92. The molecule has 0 saturated heterocycles. The largest absolute Gasteiger partial charge is 0.506 e. The molecule has 7 nitrogen and oxygen atoms in total. The maximum Gasteiger partial charge on any atom is 0.267 e. The van der Waals surface area contributed by atoms with E-state index in [1.165, 1.54) is 9.47 Å². The number of nitrogens with zero attached hydrogens (tertiary/aromatic N) is 2. The number of rotatable bonds is 3. The number of amides is 1. The smallest absolute Gasteiger partial charge is 0.267 e. The van der Waals surface area contributed by atoms with Crippen LogP contribution in [0.4, 0.5) is 5.69 Å². The number of aryl methyl sites for hydroxylation is 1. The highest BCUT2D eigenvalue weighted by molar-refractivity contribution is 6.30. The molecule has 1 N–H and O–H groups in total. The van der Waals surface area contributed by atoms with E-state index in [1.54, 1.807) is 50.4 Å². The summed E-state index contributed by atoms with van der Waals surface area (Å²) in [4.78, 5) is 37.7. The summed E-state index contributed by atoms with van der Waals surface area (Å²) in [6.45, 7) is 2.31. The van der Waals surface area contributed by atoms with Crippen LogP contribution in [0.5, 0.6) is 11.5 Å². The molecule has 0 bridgehead atoms. The number of aromatic nitrogens is 1. The van der Waals surface area contributed by atoms with Gasteiger partial charge < -0.3 is 19.5 Å². The van der Waals surface area contributed by atoms with Crippen LogP contribution >= 0.6 is 11.6 Å². The topological polar surface area (TPSA) is 81.0 Å². The average molecular weight is 401 g/mol. The molecule has 0 aliphatic carbocycles. The monoisotopic (exact) mass is 400 g/mol. The Labute approximate surface area is 165 Å². The molecule has 0 spiro atoms. The summed E-state index contributed by atoms with van der Waals surface area (Å²) in [6.07, 6.45) is 0. The van der Waals surface area contributed by atoms with Gasteiger partial charge in [-0.15, -0.1) is 0 Å². The first kappa shape index (κ1) is 18.3. The van der Waals surface area contributed by atoms with Gasteiger partial charge in [-0.25, -0.2) is 0 Å². The molecular weight excluding hydrogens is 384 g/mol. The van der Waals surface area contributed by atoms with Crippen LogP contribution in [0.2, 0.25) is 5.02 Å². The quantitative estimate of drug-likeness (QED) is 0.681. The van der Waals surface area contributed by atoms with E-state index in [4.69, 9.17) is 21.4 Å². The van der Waals surface area contributed by atoms with E-state index in [0.717, 1.165) is 5.56 Å². The SMILES string of the molecule is CCN(C(=O)c1c(O)c2c3c(ccc2n(C)c1=O)COO3)c1ccc(Cl)cc1. The Bertz CT molecular complexity index is 1150. The number of anilines is 1. The number of fused-ring (bicyclic) bond motifs is 3. The zero-order valence-corrected chi connectivity index (χ0v) is 16.0. The van der Waals surface area contributed by atoms with Gasteiger partial charge in [0.15, 0.2) is 5.75 Å². The van der Waals surface area contributed by atoms with Crippen LogP contribution in [-0.2, 0) is 18.5 Å². The molecule has 28 heavy (non-hydrogen) atoms. The lowest BCUT2D eigenvalue weighted by molar-refractivity contribution is -0.193. The Morgan fingerprint density at radius 3 is 2.64 bits per heavy atom. The summed E-state index contributed by atoms with van der Waals surface area (Å²) in [5, 5.41) is 11.7. The first-order valence-electron chi connectivity index (χ1n) is 8.68. The van der Waals surface area contributed by atoms with Gasteiger partial charge in [0.25, 0.3) is 11.5 Å². The van der Waals surface area contributed by atoms with E-state index in [1.807, 2.05) is 0 Å². The molecule has 8 heteroatoms. The summed E-state index contributed by atoms with van der Waals surface area (Å²) in [5.74, 6) is -0.714. The van der Waals surface area contributed by atoms with E-state index in [2.05, 4.69) is 0 Å². The summed E-state index contributed by atoms with van der Waals surface area (Å²) in [7, 11) is 1.54. The van der Waals surface area contributed by atoms with E-state index in [9.17, 15) is 14.7 Å². The van der Waals surface area contributed by atoms with E-state index in [-0.39, 0.29) is 17.6 Å². The lowest BCUT2D eigenvalue weighted by Crippen LogP contribution is -2.36. The Morgan fingerprint density at radius 2 is 1.96 bits per heavy atom. The third-order valence-corrected chi connectivity index (χ3v) is 5.09. The van der Waals surface area contributed by atoms with Gasteiger partial charge in [-0.1, -0.05) is 17.7 Å². The Balaban J connectivity index is 1.94. The molecule has 4 rings (SSSR count). The van der Waals surface area contributed by atoms with Gasteiger partial charge in [0.2, 0.25) is 0 Å². The molecular formula is C20H17ClN2O5. The maximum atomic E-state index is 13.2. The molecule has 1 amide bonds. The number of carbonyl (C=O) groups excluding carboxylic acids is 1. The second-order valence-corrected chi connectivity index (χ2v) is 6.84. The molecule has 1 aliphatic rings. The number of hydrogen-bond acceptors (Lipinski definition) is 5. The van der Waals surface area contributed by atoms with Crippen molar-refractivity contribution in [2.24, 2.45) is 7.05 Å². The van der Waals surface area contributed by atoms with Crippen molar-refractivity contribution in [3.63, 3.8) is 0 Å². The fourth-order valence-corrected chi connectivity index (χ4v) is 3.51. The van der Waals surface area contributed by atoms with Crippen LogP contribution in [-0.4, -0.2) is 22.1 Å². The zero-order valence-electron chi connectivity index (χ0n) is 15.2. The predicted octanol–water partition coefficient (Wildman–Crippen LogP) is 3.39. The Morgan fingerprint density at radius 1 is 1.25 bits per heavy atom. The lowest BCUT2D eigenvalue weighted by atomic mass is 10.0. The molecule has 0 fully saturated rings. The van der Waals surface area contributed by atoms with Crippen LogP contribution in [0.15, 0.2) is 41.2 Å². The molecule has 0 unspecified atom stereocenters. The van der Waals surface area contributed by atoms with Gasteiger partial charge in [0.1, 0.15) is 17.9 Å². The van der Waals surface area contributed by atoms with Gasteiger partial charge in [0.05, 0.1) is 10.9 Å².